The van der Waals surface area contributed by atoms with Gasteiger partial charge in [-0.2, -0.15) is 0 Å². The molecular formula is C30H22N2O3S2. The van der Waals surface area contributed by atoms with Gasteiger partial charge in [0.2, 0.25) is 5.91 Å². The summed E-state index contributed by atoms with van der Waals surface area (Å²) < 4.78 is 0. The molecule has 5 heterocycles. The number of anilines is 2. The third-order valence-electron chi connectivity index (χ3n) is 7.96. The first-order valence-electron chi connectivity index (χ1n) is 12.2. The number of nitrogens with one attached hydrogen (secondary N) is 1. The molecule has 1 spiro atoms. The highest BCUT2D eigenvalue weighted by atomic mass is 32.1. The number of rotatable bonds is 4. The quantitative estimate of drug-likeness (QED) is 0.331. The van der Waals surface area contributed by atoms with Crippen LogP contribution in [-0.4, -0.2) is 29.6 Å². The van der Waals surface area contributed by atoms with Gasteiger partial charge < -0.3 is 10.2 Å². The van der Waals surface area contributed by atoms with E-state index in [0.29, 0.717) is 15.4 Å². The highest BCUT2D eigenvalue weighted by Gasteiger charge is 2.70. The van der Waals surface area contributed by atoms with Gasteiger partial charge in [-0.3, -0.25) is 14.4 Å². The molecule has 0 radical (unpaired) electrons. The van der Waals surface area contributed by atoms with E-state index >= 15 is 0 Å². The summed E-state index contributed by atoms with van der Waals surface area (Å²) >= 11 is 2.72. The lowest BCUT2D eigenvalue weighted by atomic mass is 9.64. The van der Waals surface area contributed by atoms with Crippen molar-refractivity contribution in [3.63, 3.8) is 0 Å². The zero-order valence-electron chi connectivity index (χ0n) is 19.9. The lowest BCUT2D eigenvalue weighted by molar-refractivity contribution is -0.121. The standard InChI is InChI=1S/C30H22N2O3S2/c1-17-16-24-30(19-9-3-4-10-20(19)31-29(30)35)25(27(33)22-12-6-14-36-22)26(28(34)23-13-7-15-37-23)32(24)21-11-5-2-8-18(17)21/h2-16,24-26H,1H3,(H,31,35)/t24-,25+,26-,30+/m0/s1. The van der Waals surface area contributed by atoms with Crippen LogP contribution in [0.2, 0.25) is 0 Å². The van der Waals surface area contributed by atoms with Gasteiger partial charge in [0.05, 0.1) is 21.7 Å². The van der Waals surface area contributed by atoms with Gasteiger partial charge >= 0.3 is 0 Å². The van der Waals surface area contributed by atoms with Crippen molar-refractivity contribution in [3.05, 3.63) is 111 Å². The molecule has 2 aromatic carbocycles. The molecule has 7 rings (SSSR count). The second-order valence-electron chi connectivity index (χ2n) is 9.69. The summed E-state index contributed by atoms with van der Waals surface area (Å²) in [6.07, 6.45) is 2.08. The molecule has 7 heteroatoms. The summed E-state index contributed by atoms with van der Waals surface area (Å²) in [5.74, 6) is -1.45. The number of carbonyl (C=O) groups is 3. The van der Waals surface area contributed by atoms with Crippen molar-refractivity contribution in [3.8, 4) is 0 Å². The maximum absolute atomic E-state index is 14.5. The average Bonchev–Trinajstić information content (AvgIpc) is 3.71. The monoisotopic (exact) mass is 522 g/mol. The Bertz CT molecular complexity index is 1610. The highest BCUT2D eigenvalue weighted by Crippen LogP contribution is 2.59. The van der Waals surface area contributed by atoms with E-state index in [-0.39, 0.29) is 17.5 Å². The van der Waals surface area contributed by atoms with Crippen LogP contribution in [0.5, 0.6) is 0 Å². The Morgan fingerprint density at radius 1 is 0.865 bits per heavy atom. The van der Waals surface area contributed by atoms with Gasteiger partial charge in [-0.15, -0.1) is 22.7 Å². The van der Waals surface area contributed by atoms with Crippen molar-refractivity contribution in [2.45, 2.75) is 24.4 Å². The van der Waals surface area contributed by atoms with Crippen LogP contribution in [0.4, 0.5) is 11.4 Å². The van der Waals surface area contributed by atoms with E-state index in [2.05, 4.69) is 16.3 Å². The minimum absolute atomic E-state index is 0.133. The minimum Gasteiger partial charge on any atom is -0.352 e. The van der Waals surface area contributed by atoms with E-state index in [1.54, 1.807) is 12.1 Å². The summed E-state index contributed by atoms with van der Waals surface area (Å²) in [6, 6.07) is 21.5. The molecule has 0 aliphatic carbocycles. The number of fused-ring (bicyclic) bond motifs is 6. The molecule has 3 aliphatic rings. The fourth-order valence-corrected chi connectivity index (χ4v) is 7.93. The molecule has 1 fully saturated rings. The maximum Gasteiger partial charge on any atom is 0.238 e. The topological polar surface area (TPSA) is 66.5 Å². The molecule has 37 heavy (non-hydrogen) atoms. The number of carbonyl (C=O) groups excluding carboxylic acids is 3. The molecule has 1 amide bonds. The molecule has 1 saturated heterocycles. The Morgan fingerprint density at radius 2 is 1.54 bits per heavy atom. The van der Waals surface area contributed by atoms with Crippen molar-refractivity contribution in [2.75, 3.05) is 10.2 Å². The van der Waals surface area contributed by atoms with E-state index in [0.717, 1.165) is 22.4 Å². The van der Waals surface area contributed by atoms with Crippen molar-refractivity contribution in [1.82, 2.24) is 0 Å². The second-order valence-corrected chi connectivity index (χ2v) is 11.6. The number of benzene rings is 2. The van der Waals surface area contributed by atoms with Gasteiger partial charge in [-0.1, -0.05) is 54.6 Å². The lowest BCUT2D eigenvalue weighted by Gasteiger charge is -2.39. The third-order valence-corrected chi connectivity index (χ3v) is 9.73. The van der Waals surface area contributed by atoms with Crippen molar-refractivity contribution in [1.29, 1.82) is 0 Å². The van der Waals surface area contributed by atoms with Gasteiger partial charge in [0.1, 0.15) is 11.5 Å². The molecule has 5 nitrogen and oxygen atoms in total. The number of nitrogens with zero attached hydrogens (tertiary/aromatic N) is 1. The Balaban J connectivity index is 1.57. The molecule has 182 valence electrons. The van der Waals surface area contributed by atoms with Gasteiger partial charge in [-0.05, 0) is 53.1 Å². The SMILES string of the molecule is CC1=C[C@@H]2N(c3ccccc31)[C@H](C(=O)c1cccs1)[C@H](C(=O)c1cccs1)[C@]21C(=O)Nc2ccccc21. The summed E-state index contributed by atoms with van der Waals surface area (Å²) in [6.45, 7) is 2.03. The van der Waals surface area contributed by atoms with Crippen LogP contribution in [0.25, 0.3) is 5.57 Å². The molecule has 4 atom stereocenters. The normalized spacial score (nSPS) is 25.3. The zero-order valence-corrected chi connectivity index (χ0v) is 21.5. The number of hydrogen-bond donors (Lipinski definition) is 1. The maximum atomic E-state index is 14.5. The number of para-hydroxylation sites is 2. The van der Waals surface area contributed by atoms with Gasteiger partial charge in [0.25, 0.3) is 0 Å². The first-order valence-corrected chi connectivity index (χ1v) is 13.9. The number of allylic oxidation sites excluding steroid dienone is 1. The zero-order chi connectivity index (χ0) is 25.3. The summed E-state index contributed by atoms with van der Waals surface area (Å²) in [5, 5.41) is 6.81. The van der Waals surface area contributed by atoms with Crippen LogP contribution in [0.3, 0.4) is 0 Å². The molecular weight excluding hydrogens is 500 g/mol. The highest BCUT2D eigenvalue weighted by molar-refractivity contribution is 7.12. The number of Topliss-reactive ketones (excluding diaryl/α,β-unsaturated/α-hetero) is 2. The number of thiophene rings is 2. The Morgan fingerprint density at radius 3 is 2.27 bits per heavy atom. The molecule has 2 aromatic heterocycles. The number of ketones is 2. The fourth-order valence-electron chi connectivity index (χ4n) is 6.52. The van der Waals surface area contributed by atoms with Crippen molar-refractivity contribution in [2.24, 2.45) is 5.92 Å². The smallest absolute Gasteiger partial charge is 0.238 e. The Labute approximate surface area is 222 Å². The first-order chi connectivity index (χ1) is 18.0. The van der Waals surface area contributed by atoms with E-state index in [1.807, 2.05) is 78.3 Å². The van der Waals surface area contributed by atoms with Crippen molar-refractivity contribution < 1.29 is 14.4 Å². The molecule has 4 aromatic rings. The average molecular weight is 523 g/mol. The van der Waals surface area contributed by atoms with Gasteiger partial charge in [0.15, 0.2) is 11.6 Å². The van der Waals surface area contributed by atoms with Crippen LogP contribution in [0, 0.1) is 5.92 Å². The summed E-state index contributed by atoms with van der Waals surface area (Å²) in [7, 11) is 0. The van der Waals surface area contributed by atoms with E-state index < -0.39 is 23.4 Å². The van der Waals surface area contributed by atoms with Gasteiger partial charge in [0, 0.05) is 16.9 Å². The molecule has 0 saturated carbocycles. The molecule has 1 N–H and O–H groups in total. The molecule has 0 bridgehead atoms. The number of amides is 1. The predicted molar refractivity (Wildman–Crippen MR) is 148 cm³/mol. The Hall–Kier alpha value is -3.81. The third kappa shape index (κ3) is 2.92. The predicted octanol–water partition coefficient (Wildman–Crippen LogP) is 6.06. The van der Waals surface area contributed by atoms with E-state index in [4.69, 9.17) is 0 Å². The number of hydrogen-bond acceptors (Lipinski definition) is 6. The molecule has 3 aliphatic heterocycles. The minimum atomic E-state index is -1.26. The van der Waals surface area contributed by atoms with Crippen molar-refractivity contribution >= 4 is 57.1 Å². The molecule has 0 unspecified atom stereocenters. The van der Waals surface area contributed by atoms with E-state index in [1.165, 1.54) is 22.7 Å². The largest absolute Gasteiger partial charge is 0.352 e. The van der Waals surface area contributed by atoms with E-state index in [9.17, 15) is 14.4 Å². The van der Waals surface area contributed by atoms with Crippen LogP contribution < -0.4 is 10.2 Å². The summed E-state index contributed by atoms with van der Waals surface area (Å²) in [4.78, 5) is 46.3. The summed E-state index contributed by atoms with van der Waals surface area (Å²) in [5.41, 5.74) is 3.12. The lowest BCUT2D eigenvalue weighted by Crippen LogP contribution is -2.51. The van der Waals surface area contributed by atoms with Crippen LogP contribution in [0.1, 0.15) is 37.4 Å². The van der Waals surface area contributed by atoms with Crippen LogP contribution in [0.15, 0.2) is 89.6 Å². The van der Waals surface area contributed by atoms with Gasteiger partial charge in [-0.25, -0.2) is 0 Å². The second kappa shape index (κ2) is 8.10. The first kappa shape index (κ1) is 22.4. The Kier molecular flexibility index (Phi) is 4.90. The fraction of sp³-hybridized carbons (Fsp3) is 0.167. The van der Waals surface area contributed by atoms with Crippen LogP contribution >= 0.6 is 22.7 Å². The van der Waals surface area contributed by atoms with Crippen LogP contribution in [-0.2, 0) is 10.2 Å².